The maximum Gasteiger partial charge on any atom is 0.140 e. The van der Waals surface area contributed by atoms with Crippen molar-refractivity contribution in [1.29, 1.82) is 5.26 Å². The molecule has 2 N–H and O–H groups in total. The van der Waals surface area contributed by atoms with E-state index in [1.807, 2.05) is 36.5 Å². The second-order valence-corrected chi connectivity index (χ2v) is 5.02. The molecule has 0 aliphatic rings. The van der Waals surface area contributed by atoms with Crippen LogP contribution in [0.25, 0.3) is 16.9 Å². The summed E-state index contributed by atoms with van der Waals surface area (Å²) in [6.07, 6.45) is 0. The molecule has 0 aliphatic heterocycles. The molecule has 0 bridgehead atoms. The summed E-state index contributed by atoms with van der Waals surface area (Å²) in [7, 11) is 0. The predicted octanol–water partition coefficient (Wildman–Crippen LogP) is 3.21. The van der Waals surface area contributed by atoms with Gasteiger partial charge in [0.15, 0.2) is 0 Å². The standard InChI is InChI=1S/C16H13FN4/c1-9-5-10(2)21-14(6-9)20-15(16(21)19)11-3-4-13(17)12(7-11)8-18/h3-7H,19H2,1-2H3. The highest BCUT2D eigenvalue weighted by molar-refractivity contribution is 5.76. The third-order valence-corrected chi connectivity index (χ3v) is 3.45. The molecule has 5 heteroatoms. The van der Waals surface area contributed by atoms with E-state index in [-0.39, 0.29) is 5.56 Å². The highest BCUT2D eigenvalue weighted by Gasteiger charge is 2.14. The van der Waals surface area contributed by atoms with Crippen molar-refractivity contribution in [3.63, 3.8) is 0 Å². The lowest BCUT2D eigenvalue weighted by Crippen LogP contribution is -1.98. The molecular weight excluding hydrogens is 267 g/mol. The third kappa shape index (κ3) is 2.01. The lowest BCUT2D eigenvalue weighted by molar-refractivity contribution is 0.624. The van der Waals surface area contributed by atoms with Crippen LogP contribution in [0, 0.1) is 31.0 Å². The van der Waals surface area contributed by atoms with Crippen molar-refractivity contribution in [3.05, 3.63) is 53.0 Å². The number of aromatic nitrogens is 2. The Kier molecular flexibility index (Phi) is 2.88. The van der Waals surface area contributed by atoms with Crippen LogP contribution in [0.3, 0.4) is 0 Å². The maximum atomic E-state index is 13.4. The minimum atomic E-state index is -0.546. The lowest BCUT2D eigenvalue weighted by atomic mass is 10.1. The van der Waals surface area contributed by atoms with Gasteiger partial charge in [0.05, 0.1) is 5.56 Å². The molecule has 0 saturated heterocycles. The van der Waals surface area contributed by atoms with Gasteiger partial charge in [-0.25, -0.2) is 9.37 Å². The van der Waals surface area contributed by atoms with Gasteiger partial charge in [-0.2, -0.15) is 5.26 Å². The molecule has 0 amide bonds. The molecule has 3 aromatic rings. The molecule has 104 valence electrons. The number of halogens is 1. The molecule has 0 aliphatic carbocycles. The van der Waals surface area contributed by atoms with Crippen molar-refractivity contribution in [2.45, 2.75) is 13.8 Å². The second kappa shape index (κ2) is 4.60. The molecule has 3 rings (SSSR count). The SMILES string of the molecule is Cc1cc(C)n2c(N)c(-c3ccc(F)c(C#N)c3)nc2c1. The smallest absolute Gasteiger partial charge is 0.140 e. The number of anilines is 1. The number of pyridine rings is 1. The van der Waals surface area contributed by atoms with Crippen molar-refractivity contribution >= 4 is 11.5 Å². The Bertz CT molecular complexity index is 903. The van der Waals surface area contributed by atoms with E-state index in [9.17, 15) is 4.39 Å². The maximum absolute atomic E-state index is 13.4. The molecular formula is C16H13FN4. The Morgan fingerprint density at radius 3 is 2.71 bits per heavy atom. The number of hydrogen-bond donors (Lipinski definition) is 1. The van der Waals surface area contributed by atoms with Crippen molar-refractivity contribution in [2.24, 2.45) is 0 Å². The normalized spacial score (nSPS) is 10.8. The molecule has 0 saturated carbocycles. The monoisotopic (exact) mass is 280 g/mol. The van der Waals surface area contributed by atoms with Crippen LogP contribution in [0.4, 0.5) is 10.2 Å². The van der Waals surface area contributed by atoms with E-state index in [1.165, 1.54) is 12.1 Å². The quantitative estimate of drug-likeness (QED) is 0.744. The van der Waals surface area contributed by atoms with Gasteiger partial charge >= 0.3 is 0 Å². The van der Waals surface area contributed by atoms with Crippen LogP contribution < -0.4 is 5.73 Å². The van der Waals surface area contributed by atoms with Gasteiger partial charge in [-0.3, -0.25) is 4.40 Å². The van der Waals surface area contributed by atoms with Crippen LogP contribution in [0.15, 0.2) is 30.3 Å². The number of nitrogens with two attached hydrogens (primary N) is 1. The van der Waals surface area contributed by atoms with E-state index in [0.29, 0.717) is 17.1 Å². The van der Waals surface area contributed by atoms with Crippen molar-refractivity contribution in [2.75, 3.05) is 5.73 Å². The van der Waals surface area contributed by atoms with Crippen molar-refractivity contribution in [3.8, 4) is 17.3 Å². The minimum Gasteiger partial charge on any atom is -0.383 e. The van der Waals surface area contributed by atoms with E-state index in [2.05, 4.69) is 4.98 Å². The summed E-state index contributed by atoms with van der Waals surface area (Å²) < 4.78 is 15.3. The van der Waals surface area contributed by atoms with Gasteiger partial charge in [0, 0.05) is 11.3 Å². The van der Waals surface area contributed by atoms with E-state index in [4.69, 9.17) is 11.0 Å². The van der Waals surface area contributed by atoms with Crippen molar-refractivity contribution < 1.29 is 4.39 Å². The average molecular weight is 280 g/mol. The summed E-state index contributed by atoms with van der Waals surface area (Å²) in [6, 6.07) is 10.1. The number of hydrogen-bond acceptors (Lipinski definition) is 3. The number of nitrogens with zero attached hydrogens (tertiary/aromatic N) is 3. The predicted molar refractivity (Wildman–Crippen MR) is 79.2 cm³/mol. The highest BCUT2D eigenvalue weighted by Crippen LogP contribution is 2.29. The summed E-state index contributed by atoms with van der Waals surface area (Å²) >= 11 is 0. The van der Waals surface area contributed by atoms with Crippen molar-refractivity contribution in [1.82, 2.24) is 9.38 Å². The summed E-state index contributed by atoms with van der Waals surface area (Å²) in [6.45, 7) is 3.94. The first-order chi connectivity index (χ1) is 10.0. The molecule has 0 radical (unpaired) electrons. The first-order valence-corrected chi connectivity index (χ1v) is 6.46. The fourth-order valence-corrected chi connectivity index (χ4v) is 2.53. The summed E-state index contributed by atoms with van der Waals surface area (Å²) in [5.74, 6) is -0.0615. The molecule has 21 heavy (non-hydrogen) atoms. The molecule has 0 spiro atoms. The zero-order chi connectivity index (χ0) is 15.1. The molecule has 1 aromatic carbocycles. The number of nitriles is 1. The van der Waals surface area contributed by atoms with Crippen LogP contribution in [-0.4, -0.2) is 9.38 Å². The minimum absolute atomic E-state index is 0.0168. The first kappa shape index (κ1) is 13.1. The Balaban J connectivity index is 2.29. The van der Waals surface area contributed by atoms with E-state index >= 15 is 0 Å². The highest BCUT2D eigenvalue weighted by atomic mass is 19.1. The largest absolute Gasteiger partial charge is 0.383 e. The van der Waals surface area contributed by atoms with Gasteiger partial charge in [-0.15, -0.1) is 0 Å². The summed E-state index contributed by atoms with van der Waals surface area (Å²) in [5, 5.41) is 8.93. The first-order valence-electron chi connectivity index (χ1n) is 6.46. The Morgan fingerprint density at radius 1 is 1.24 bits per heavy atom. The van der Waals surface area contributed by atoms with E-state index in [0.717, 1.165) is 16.9 Å². The molecule has 2 aromatic heterocycles. The average Bonchev–Trinajstić information content (AvgIpc) is 2.76. The Hall–Kier alpha value is -2.87. The lowest BCUT2D eigenvalue weighted by Gasteiger charge is -2.04. The third-order valence-electron chi connectivity index (χ3n) is 3.45. The van der Waals surface area contributed by atoms with Gasteiger partial charge in [0.1, 0.15) is 29.0 Å². The van der Waals surface area contributed by atoms with Gasteiger partial charge in [0.25, 0.3) is 0 Å². The molecule has 0 fully saturated rings. The van der Waals surface area contributed by atoms with Gasteiger partial charge < -0.3 is 5.73 Å². The van der Waals surface area contributed by atoms with E-state index in [1.54, 1.807) is 6.07 Å². The van der Waals surface area contributed by atoms with Crippen LogP contribution in [-0.2, 0) is 0 Å². The molecule has 0 atom stereocenters. The number of nitrogen functional groups attached to an aromatic ring is 1. The Morgan fingerprint density at radius 2 is 2.00 bits per heavy atom. The topological polar surface area (TPSA) is 67.1 Å². The number of fused-ring (bicyclic) bond motifs is 1. The molecule has 4 nitrogen and oxygen atoms in total. The van der Waals surface area contributed by atoms with E-state index < -0.39 is 5.82 Å². The summed E-state index contributed by atoms with van der Waals surface area (Å²) in [4.78, 5) is 4.52. The van der Waals surface area contributed by atoms with Crippen LogP contribution in [0.5, 0.6) is 0 Å². The van der Waals surface area contributed by atoms with Crippen LogP contribution in [0.1, 0.15) is 16.8 Å². The van der Waals surface area contributed by atoms with Gasteiger partial charge in [-0.05, 0) is 49.7 Å². The second-order valence-electron chi connectivity index (χ2n) is 5.02. The zero-order valence-corrected chi connectivity index (χ0v) is 11.7. The fraction of sp³-hybridized carbons (Fsp3) is 0.125. The van der Waals surface area contributed by atoms with Crippen LogP contribution in [0.2, 0.25) is 0 Å². The summed E-state index contributed by atoms with van der Waals surface area (Å²) in [5.41, 5.74) is 10.2. The van der Waals surface area contributed by atoms with Crippen LogP contribution >= 0.6 is 0 Å². The molecule has 2 heterocycles. The molecule has 0 unspecified atom stereocenters. The fourth-order valence-electron chi connectivity index (χ4n) is 2.53. The zero-order valence-electron chi connectivity index (χ0n) is 11.7. The Labute approximate surface area is 121 Å². The number of aryl methyl sites for hydroxylation is 2. The number of rotatable bonds is 1. The van der Waals surface area contributed by atoms with Gasteiger partial charge in [0.2, 0.25) is 0 Å². The number of benzene rings is 1. The van der Waals surface area contributed by atoms with Gasteiger partial charge in [-0.1, -0.05) is 0 Å². The number of imidazole rings is 1.